The van der Waals surface area contributed by atoms with E-state index in [0.717, 1.165) is 93.0 Å². The minimum Gasteiger partial charge on any atom is -0.325 e. The predicted molar refractivity (Wildman–Crippen MR) is 177 cm³/mol. The van der Waals surface area contributed by atoms with Gasteiger partial charge in [0.1, 0.15) is 0 Å². The van der Waals surface area contributed by atoms with Gasteiger partial charge in [0.2, 0.25) is 11.8 Å². The third-order valence-corrected chi connectivity index (χ3v) is 8.13. The average Bonchev–Trinajstić information content (AvgIpc) is 3.02. The molecule has 0 aliphatic carbocycles. The van der Waals surface area contributed by atoms with Crippen molar-refractivity contribution in [2.24, 2.45) is 0 Å². The fourth-order valence-electron chi connectivity index (χ4n) is 5.98. The Labute approximate surface area is 246 Å². The highest BCUT2D eigenvalue weighted by molar-refractivity contribution is 6.16. The van der Waals surface area contributed by atoms with E-state index in [1.54, 1.807) is 0 Å². The SMILES string of the molecule is O=C(CCCCCCCCC(=O)Nc1c2ccccc2cc2ccccc12)Nc1c2ccccc2cc2ccccc12. The number of rotatable bonds is 11. The molecule has 0 aliphatic heterocycles. The van der Waals surface area contributed by atoms with E-state index >= 15 is 0 Å². The third kappa shape index (κ3) is 6.13. The number of carbonyl (C=O) groups is 2. The number of hydrogen-bond donors (Lipinski definition) is 2. The van der Waals surface area contributed by atoms with Crippen molar-refractivity contribution in [2.45, 2.75) is 51.4 Å². The zero-order valence-corrected chi connectivity index (χ0v) is 23.9. The molecule has 210 valence electrons. The van der Waals surface area contributed by atoms with Gasteiger partial charge in [-0.05, 0) is 46.5 Å². The normalized spacial score (nSPS) is 11.3. The lowest BCUT2D eigenvalue weighted by Crippen LogP contribution is -2.12. The Bertz CT molecular complexity index is 1640. The molecule has 2 N–H and O–H groups in total. The summed E-state index contributed by atoms with van der Waals surface area (Å²) in [6.45, 7) is 0. The second kappa shape index (κ2) is 12.9. The molecule has 0 aromatic heterocycles. The summed E-state index contributed by atoms with van der Waals surface area (Å²) in [5.41, 5.74) is 1.81. The van der Waals surface area contributed by atoms with Crippen LogP contribution in [0.1, 0.15) is 51.4 Å². The third-order valence-electron chi connectivity index (χ3n) is 8.13. The molecular weight excluding hydrogens is 516 g/mol. The lowest BCUT2D eigenvalue weighted by Gasteiger charge is -2.13. The Morgan fingerprint density at radius 2 is 0.690 bits per heavy atom. The van der Waals surface area contributed by atoms with E-state index in [0.29, 0.717) is 12.8 Å². The molecule has 0 heterocycles. The molecule has 6 aromatic rings. The molecular formula is C38H36N2O2. The molecule has 0 aliphatic rings. The number of carbonyl (C=O) groups excluding carboxylic acids is 2. The lowest BCUT2D eigenvalue weighted by atomic mass is 10.0. The number of nitrogens with one attached hydrogen (secondary N) is 2. The first-order valence-corrected chi connectivity index (χ1v) is 15.1. The first-order valence-electron chi connectivity index (χ1n) is 15.1. The number of anilines is 2. The summed E-state index contributed by atoms with van der Waals surface area (Å²) in [6.07, 6.45) is 6.92. The van der Waals surface area contributed by atoms with E-state index in [1.807, 2.05) is 48.5 Å². The van der Waals surface area contributed by atoms with Crippen molar-refractivity contribution in [1.29, 1.82) is 0 Å². The zero-order chi connectivity index (χ0) is 28.7. The van der Waals surface area contributed by atoms with Gasteiger partial charge >= 0.3 is 0 Å². The van der Waals surface area contributed by atoms with Crippen molar-refractivity contribution < 1.29 is 9.59 Å². The summed E-state index contributed by atoms with van der Waals surface area (Å²) in [5, 5.41) is 15.2. The van der Waals surface area contributed by atoms with Crippen LogP contribution in [-0.4, -0.2) is 11.8 Å². The monoisotopic (exact) mass is 552 g/mol. The van der Waals surface area contributed by atoms with Gasteiger partial charge in [0, 0.05) is 34.4 Å². The molecule has 42 heavy (non-hydrogen) atoms. The van der Waals surface area contributed by atoms with Crippen molar-refractivity contribution in [3.05, 3.63) is 109 Å². The molecule has 4 heteroatoms. The van der Waals surface area contributed by atoms with Crippen LogP contribution in [0, 0.1) is 0 Å². The van der Waals surface area contributed by atoms with Gasteiger partial charge in [-0.1, -0.05) is 123 Å². The van der Waals surface area contributed by atoms with Crippen LogP contribution in [0.15, 0.2) is 109 Å². The Kier molecular flexibility index (Phi) is 8.41. The van der Waals surface area contributed by atoms with Gasteiger partial charge in [-0.3, -0.25) is 9.59 Å². The number of unbranched alkanes of at least 4 members (excludes halogenated alkanes) is 5. The summed E-state index contributed by atoms with van der Waals surface area (Å²) in [5.74, 6) is 0.128. The highest BCUT2D eigenvalue weighted by Crippen LogP contribution is 2.34. The van der Waals surface area contributed by atoms with Crippen molar-refractivity contribution in [3.8, 4) is 0 Å². The van der Waals surface area contributed by atoms with E-state index in [1.165, 1.54) is 0 Å². The van der Waals surface area contributed by atoms with E-state index in [4.69, 9.17) is 0 Å². The maximum atomic E-state index is 12.9. The molecule has 6 rings (SSSR count). The van der Waals surface area contributed by atoms with Crippen LogP contribution in [0.5, 0.6) is 0 Å². The van der Waals surface area contributed by atoms with Gasteiger partial charge in [0.05, 0.1) is 11.4 Å². The molecule has 0 radical (unpaired) electrons. The van der Waals surface area contributed by atoms with Gasteiger partial charge in [-0.25, -0.2) is 0 Å². The van der Waals surface area contributed by atoms with E-state index in [9.17, 15) is 9.59 Å². The summed E-state index contributed by atoms with van der Waals surface area (Å²) < 4.78 is 0. The number of benzene rings is 6. The summed E-state index contributed by atoms with van der Waals surface area (Å²) >= 11 is 0. The van der Waals surface area contributed by atoms with Crippen molar-refractivity contribution in [1.82, 2.24) is 0 Å². The zero-order valence-electron chi connectivity index (χ0n) is 23.9. The Morgan fingerprint density at radius 3 is 1.02 bits per heavy atom. The van der Waals surface area contributed by atoms with Crippen LogP contribution in [0.25, 0.3) is 43.1 Å². The van der Waals surface area contributed by atoms with E-state index < -0.39 is 0 Å². The largest absolute Gasteiger partial charge is 0.325 e. The second-order valence-corrected chi connectivity index (χ2v) is 11.1. The van der Waals surface area contributed by atoms with Gasteiger partial charge in [0.15, 0.2) is 0 Å². The van der Waals surface area contributed by atoms with Crippen LogP contribution in [0.4, 0.5) is 11.4 Å². The van der Waals surface area contributed by atoms with E-state index in [-0.39, 0.29) is 11.8 Å². The molecule has 0 spiro atoms. The molecule has 2 amide bonds. The fraction of sp³-hybridized carbons (Fsp3) is 0.211. The average molecular weight is 553 g/mol. The van der Waals surface area contributed by atoms with Crippen LogP contribution in [-0.2, 0) is 9.59 Å². The highest BCUT2D eigenvalue weighted by atomic mass is 16.2. The second-order valence-electron chi connectivity index (χ2n) is 11.1. The highest BCUT2D eigenvalue weighted by Gasteiger charge is 2.12. The number of fused-ring (bicyclic) bond motifs is 4. The smallest absolute Gasteiger partial charge is 0.224 e. The Hall–Kier alpha value is -4.70. The van der Waals surface area contributed by atoms with Gasteiger partial charge < -0.3 is 10.6 Å². The lowest BCUT2D eigenvalue weighted by molar-refractivity contribution is -0.117. The van der Waals surface area contributed by atoms with Crippen LogP contribution < -0.4 is 10.6 Å². The predicted octanol–water partition coefficient (Wildman–Crippen LogP) is 10.00. The maximum Gasteiger partial charge on any atom is 0.224 e. The molecule has 0 fully saturated rings. The van der Waals surface area contributed by atoms with Crippen LogP contribution in [0.2, 0.25) is 0 Å². The quantitative estimate of drug-likeness (QED) is 0.124. The first kappa shape index (κ1) is 27.5. The molecule has 0 bridgehead atoms. The van der Waals surface area contributed by atoms with Crippen molar-refractivity contribution in [3.63, 3.8) is 0 Å². The fourth-order valence-corrected chi connectivity index (χ4v) is 5.98. The maximum absolute atomic E-state index is 12.9. The number of amides is 2. The molecule has 0 atom stereocenters. The molecule has 0 saturated carbocycles. The molecule has 0 unspecified atom stereocenters. The minimum absolute atomic E-state index is 0.0640. The first-order chi connectivity index (χ1) is 20.7. The van der Waals surface area contributed by atoms with E-state index in [2.05, 4.69) is 71.3 Å². The summed E-state index contributed by atoms with van der Waals surface area (Å²) in [7, 11) is 0. The summed E-state index contributed by atoms with van der Waals surface area (Å²) in [4.78, 5) is 25.7. The molecule has 4 nitrogen and oxygen atoms in total. The van der Waals surface area contributed by atoms with Crippen LogP contribution >= 0.6 is 0 Å². The number of hydrogen-bond acceptors (Lipinski definition) is 2. The molecule has 6 aromatic carbocycles. The molecule has 0 saturated heterocycles. The van der Waals surface area contributed by atoms with Gasteiger partial charge in [0.25, 0.3) is 0 Å². The van der Waals surface area contributed by atoms with Crippen LogP contribution in [0.3, 0.4) is 0 Å². The standard InChI is InChI=1S/C38H36N2O2/c41-35(39-37-31-19-11-7-15-27(31)25-28-16-8-12-20-32(28)37)23-5-3-1-2-4-6-24-36(42)40-38-33-21-13-9-17-29(33)26-30-18-10-14-22-34(30)38/h7-22,25-26H,1-6,23-24H2,(H,39,41)(H,40,42). The van der Waals surface area contributed by atoms with Crippen molar-refractivity contribution in [2.75, 3.05) is 10.6 Å². The Morgan fingerprint density at radius 1 is 0.405 bits per heavy atom. The summed E-state index contributed by atoms with van der Waals surface area (Å²) in [6, 6.07) is 37.2. The Balaban J connectivity index is 0.942. The van der Waals surface area contributed by atoms with Gasteiger partial charge in [-0.15, -0.1) is 0 Å². The van der Waals surface area contributed by atoms with Crippen molar-refractivity contribution >= 4 is 66.3 Å². The minimum atomic E-state index is 0.0640. The van der Waals surface area contributed by atoms with Gasteiger partial charge in [-0.2, -0.15) is 0 Å². The topological polar surface area (TPSA) is 58.2 Å².